The van der Waals surface area contributed by atoms with Gasteiger partial charge in [0.25, 0.3) is 11.8 Å². The number of allylic oxidation sites excluding steroid dienone is 6. The Labute approximate surface area is 297 Å². The number of hydrogen-bond donors (Lipinski definition) is 2. The molecule has 0 fully saturated rings. The van der Waals surface area contributed by atoms with E-state index >= 15 is 0 Å². The molecule has 0 unspecified atom stereocenters. The summed E-state index contributed by atoms with van der Waals surface area (Å²) in [6, 6.07) is 7.41. The fraction of sp³-hybridized carbons (Fsp3) is 0.452. The lowest BCUT2D eigenvalue weighted by atomic mass is 9.82. The van der Waals surface area contributed by atoms with Gasteiger partial charge >= 0.3 is 0 Å². The van der Waals surface area contributed by atoms with Crippen LogP contribution in [0.4, 0.5) is 27.6 Å². The van der Waals surface area contributed by atoms with Crippen molar-refractivity contribution in [2.24, 2.45) is 5.41 Å². The highest BCUT2D eigenvalue weighted by Gasteiger charge is 2.30. The average molecular weight is 704 g/mol. The molecule has 8 heteroatoms. The van der Waals surface area contributed by atoms with Crippen LogP contribution in [0, 0.1) is 24.0 Å². The lowest BCUT2D eigenvalue weighted by Gasteiger charge is -2.27. The summed E-state index contributed by atoms with van der Waals surface area (Å²) in [5, 5.41) is 13.9. The molecule has 0 atom stereocenters. The maximum absolute atomic E-state index is 14.8. The highest BCUT2D eigenvalue weighted by Crippen LogP contribution is 2.37. The molecule has 0 aliphatic heterocycles. The van der Waals surface area contributed by atoms with Crippen molar-refractivity contribution in [3.63, 3.8) is 0 Å². The van der Waals surface area contributed by atoms with Gasteiger partial charge < -0.3 is 10.4 Å². The first-order valence-electron chi connectivity index (χ1n) is 17.1. The Morgan fingerprint density at radius 1 is 0.940 bits per heavy atom. The van der Waals surface area contributed by atoms with Gasteiger partial charge in [0.1, 0.15) is 23.1 Å². The van der Waals surface area contributed by atoms with E-state index in [0.29, 0.717) is 46.4 Å². The Hall–Kier alpha value is -3.94. The van der Waals surface area contributed by atoms with E-state index in [-0.39, 0.29) is 22.5 Å². The molecule has 0 aliphatic rings. The first kappa shape index (κ1) is 46.1. The number of nitrogens with one attached hydrogen (secondary N) is 1. The monoisotopic (exact) mass is 703 g/mol. The Balaban J connectivity index is 0.00000154. The van der Waals surface area contributed by atoms with E-state index in [1.54, 1.807) is 52.0 Å². The number of rotatable bonds is 13. The van der Waals surface area contributed by atoms with Gasteiger partial charge in [0.15, 0.2) is 0 Å². The summed E-state index contributed by atoms with van der Waals surface area (Å²) >= 11 is 0. The number of aliphatic hydroxyl groups excluding tert-OH is 1. The quantitative estimate of drug-likeness (QED) is 0.0944. The number of carbonyl (C=O) groups excluding carboxylic acids is 1. The number of halogens is 5. The molecule has 2 N–H and O–H groups in total. The fourth-order valence-corrected chi connectivity index (χ4v) is 4.77. The zero-order valence-corrected chi connectivity index (χ0v) is 32.1. The van der Waals surface area contributed by atoms with Crippen LogP contribution in [0.5, 0.6) is 0 Å². The molecule has 50 heavy (non-hydrogen) atoms. The molecule has 278 valence electrons. The van der Waals surface area contributed by atoms with E-state index in [1.807, 2.05) is 27.7 Å². The molecule has 0 spiro atoms. The Morgan fingerprint density at radius 3 is 1.90 bits per heavy atom. The lowest BCUT2D eigenvalue weighted by Crippen LogP contribution is -2.24. The van der Waals surface area contributed by atoms with Gasteiger partial charge in [0.2, 0.25) is 0 Å². The molecule has 0 saturated heterocycles. The van der Waals surface area contributed by atoms with Gasteiger partial charge in [0, 0.05) is 34.7 Å². The van der Waals surface area contributed by atoms with E-state index in [9.17, 15) is 31.9 Å². The second kappa shape index (κ2) is 20.0. The van der Waals surface area contributed by atoms with Crippen molar-refractivity contribution in [2.75, 3.05) is 5.32 Å². The fourth-order valence-electron chi connectivity index (χ4n) is 4.77. The number of amides is 1. The summed E-state index contributed by atoms with van der Waals surface area (Å²) in [4.78, 5) is 13.4. The maximum Gasteiger partial charge on any atom is 0.269 e. The van der Waals surface area contributed by atoms with Crippen LogP contribution in [-0.4, -0.2) is 16.9 Å². The molecule has 3 nitrogen and oxygen atoms in total. The summed E-state index contributed by atoms with van der Waals surface area (Å²) in [5.41, 5.74) is 0.190. The Bertz CT molecular complexity index is 1540. The second-order valence-corrected chi connectivity index (χ2v) is 13.2. The zero-order valence-electron chi connectivity index (χ0n) is 32.1. The largest absolute Gasteiger partial charge is 0.511 e. The minimum atomic E-state index is -3.10. The minimum Gasteiger partial charge on any atom is -0.511 e. The lowest BCUT2D eigenvalue weighted by molar-refractivity contribution is -0.112. The van der Waals surface area contributed by atoms with Crippen LogP contribution >= 0.6 is 0 Å². The van der Waals surface area contributed by atoms with Crippen molar-refractivity contribution in [1.29, 1.82) is 0 Å². The Morgan fingerprint density at radius 2 is 1.48 bits per heavy atom. The number of aliphatic hydroxyl groups is 1. The van der Waals surface area contributed by atoms with Gasteiger partial charge in [-0.25, -0.2) is 22.0 Å². The predicted octanol–water partition coefficient (Wildman–Crippen LogP) is 13.5. The smallest absolute Gasteiger partial charge is 0.269 e. The van der Waals surface area contributed by atoms with Crippen molar-refractivity contribution in [3.8, 4) is 0 Å². The molecule has 0 radical (unpaired) electrons. The minimum absolute atomic E-state index is 0.0540. The number of benzene rings is 2. The third kappa shape index (κ3) is 13.8. The van der Waals surface area contributed by atoms with Crippen LogP contribution < -0.4 is 5.32 Å². The van der Waals surface area contributed by atoms with Crippen LogP contribution in [0.15, 0.2) is 84.2 Å². The zero-order chi connectivity index (χ0) is 39.2. The van der Waals surface area contributed by atoms with Crippen molar-refractivity contribution in [3.05, 3.63) is 118 Å². The third-order valence-electron chi connectivity index (χ3n) is 7.93. The number of carbonyl (C=O) groups is 1. The molecule has 2 aromatic carbocycles. The Kier molecular flexibility index (Phi) is 18.5. The van der Waals surface area contributed by atoms with Gasteiger partial charge in [-0.1, -0.05) is 91.8 Å². The molecule has 1 amide bonds. The first-order chi connectivity index (χ1) is 23.0. The SMILES string of the molecule is C=C(C)/C(C(=O)Nc1ccc(C(C)(C)F)cc1C(/C=C\C(=C)C(C)(F)F)=C/C)=C(/O)C(C)(C)CCCC.CC.CCc1c(F)cc(C)cc1F. The van der Waals surface area contributed by atoms with Gasteiger partial charge in [-0.3, -0.25) is 4.79 Å². The van der Waals surface area contributed by atoms with Gasteiger partial charge in [-0.2, -0.15) is 0 Å². The number of aryl methyl sites for hydroxylation is 1. The molecule has 0 bridgehead atoms. The van der Waals surface area contributed by atoms with Crippen LogP contribution in [0.2, 0.25) is 0 Å². The van der Waals surface area contributed by atoms with E-state index in [0.717, 1.165) is 19.8 Å². The van der Waals surface area contributed by atoms with E-state index in [4.69, 9.17) is 0 Å². The van der Waals surface area contributed by atoms with Crippen LogP contribution in [-0.2, 0) is 16.9 Å². The van der Waals surface area contributed by atoms with Crippen LogP contribution in [0.1, 0.15) is 118 Å². The molecule has 0 aromatic heterocycles. The number of hydrogen-bond acceptors (Lipinski definition) is 2. The molecule has 0 aliphatic carbocycles. The average Bonchev–Trinajstić information content (AvgIpc) is 3.00. The summed E-state index contributed by atoms with van der Waals surface area (Å²) in [7, 11) is 0. The number of alkyl halides is 3. The van der Waals surface area contributed by atoms with Gasteiger partial charge in [-0.15, -0.1) is 0 Å². The first-order valence-corrected chi connectivity index (χ1v) is 17.1. The molecule has 0 saturated carbocycles. The molecular weight excluding hydrogens is 645 g/mol. The number of unbranched alkanes of at least 4 members (excludes halogenated alkanes) is 1. The standard InChI is InChI=1S/C31H42F3NO2.C9H10F2.C2H6/c1-11-13-18-29(6,7)27(36)26(20(3)4)28(37)35-25-17-16-23(30(8,9)32)19-24(25)22(12-2)15-14-21(5)31(10,33)34;1-3-7-8(10)4-6(2)5-9(7)11;1-2/h12,14-17,19,36H,3,5,11,13,18H2,1-2,4,6-10H3,(H,35,37);4-5H,3H2,1-2H3;1-2H3/b15-14-,22-12+,27-26-;;. The van der Waals surface area contributed by atoms with E-state index in [2.05, 4.69) is 25.4 Å². The molecular formula is C42H58F5NO2. The highest BCUT2D eigenvalue weighted by atomic mass is 19.3. The molecule has 2 rings (SSSR count). The summed E-state index contributed by atoms with van der Waals surface area (Å²) in [6.45, 7) is 27.5. The summed E-state index contributed by atoms with van der Waals surface area (Å²) < 4.78 is 67.8. The molecule has 0 heterocycles. The summed E-state index contributed by atoms with van der Waals surface area (Å²) in [5.74, 6) is -4.60. The third-order valence-corrected chi connectivity index (χ3v) is 7.93. The predicted molar refractivity (Wildman–Crippen MR) is 201 cm³/mol. The van der Waals surface area contributed by atoms with E-state index in [1.165, 1.54) is 38.1 Å². The second-order valence-electron chi connectivity index (χ2n) is 13.2. The van der Waals surface area contributed by atoms with Crippen molar-refractivity contribution < 1.29 is 31.9 Å². The normalized spacial score (nSPS) is 12.7. The van der Waals surface area contributed by atoms with Gasteiger partial charge in [0.05, 0.1) is 5.57 Å². The highest BCUT2D eigenvalue weighted by molar-refractivity contribution is 6.08. The van der Waals surface area contributed by atoms with Gasteiger partial charge in [-0.05, 0) is 94.0 Å². The van der Waals surface area contributed by atoms with Crippen LogP contribution in [0.25, 0.3) is 5.57 Å². The number of anilines is 1. The maximum atomic E-state index is 14.8. The van der Waals surface area contributed by atoms with Crippen LogP contribution in [0.3, 0.4) is 0 Å². The van der Waals surface area contributed by atoms with E-state index < -0.39 is 34.5 Å². The van der Waals surface area contributed by atoms with Crippen molar-refractivity contribution in [2.45, 2.75) is 120 Å². The van der Waals surface area contributed by atoms with Crippen molar-refractivity contribution >= 4 is 17.2 Å². The summed E-state index contributed by atoms with van der Waals surface area (Å²) in [6.07, 6.45) is 7.25. The molecule has 2 aromatic rings. The van der Waals surface area contributed by atoms with Crippen molar-refractivity contribution in [1.82, 2.24) is 0 Å². The topological polar surface area (TPSA) is 49.3 Å².